The van der Waals surface area contributed by atoms with Gasteiger partial charge in [0.25, 0.3) is 40.5 Å². The summed E-state index contributed by atoms with van der Waals surface area (Å²) >= 11 is 0. The van der Waals surface area contributed by atoms with Crippen molar-refractivity contribution in [1.29, 1.82) is 0 Å². The lowest BCUT2D eigenvalue weighted by atomic mass is 10.1. The molecule has 20 heteroatoms. The number of hydrogen-bond donors (Lipinski definition) is 6. The van der Waals surface area contributed by atoms with Crippen molar-refractivity contribution in [2.75, 3.05) is 5.73 Å². The van der Waals surface area contributed by atoms with E-state index in [1.54, 1.807) is 0 Å². The van der Waals surface area contributed by atoms with Crippen LogP contribution in [0.25, 0.3) is 21.5 Å². The molecule has 40 heavy (non-hydrogen) atoms. The van der Waals surface area contributed by atoms with E-state index in [0.29, 0.717) is 24.3 Å². The fourth-order valence-electron chi connectivity index (χ4n) is 3.72. The van der Waals surface area contributed by atoms with Gasteiger partial charge in [0.15, 0.2) is 5.75 Å². The number of phenols is 1. The molecule has 0 bridgehead atoms. The van der Waals surface area contributed by atoms with Crippen LogP contribution in [0.3, 0.4) is 0 Å². The lowest BCUT2D eigenvalue weighted by Gasteiger charge is -2.11. The standard InChI is InChI=1S/C20H15N3O13S4/c21-11-2-1-9-4-18(40(34,35)36)19(20(24)14(9)6-11)23-22-15-8-13-10(5-17(15)39(31,32)33)3-12(37(25,26)27)7-16(13)38(28,29)30/h1-8,24H,21H2,(H,25,26,27)(H,28,29,30)(H,31,32,33)(H,34,35,36). The largest absolute Gasteiger partial charge is 0.505 e. The Morgan fingerprint density at radius 2 is 1.15 bits per heavy atom. The molecule has 0 amide bonds. The highest BCUT2D eigenvalue weighted by Gasteiger charge is 2.26. The van der Waals surface area contributed by atoms with Crippen LogP contribution in [-0.2, 0) is 40.5 Å². The molecule has 0 saturated carbocycles. The smallest absolute Gasteiger partial charge is 0.296 e. The van der Waals surface area contributed by atoms with Crippen LogP contribution in [0.4, 0.5) is 17.1 Å². The fraction of sp³-hybridized carbons (Fsp3) is 0. The van der Waals surface area contributed by atoms with E-state index in [1.165, 1.54) is 18.2 Å². The predicted octanol–water partition coefficient (Wildman–Crippen LogP) is 2.68. The maximum Gasteiger partial charge on any atom is 0.296 e. The van der Waals surface area contributed by atoms with Crippen molar-refractivity contribution in [2.24, 2.45) is 10.2 Å². The van der Waals surface area contributed by atoms with Crippen LogP contribution in [0.5, 0.6) is 5.75 Å². The second-order valence-corrected chi connectivity index (χ2v) is 13.7. The van der Waals surface area contributed by atoms with E-state index in [1.807, 2.05) is 0 Å². The van der Waals surface area contributed by atoms with Gasteiger partial charge in [-0.3, -0.25) is 18.2 Å². The Morgan fingerprint density at radius 3 is 1.70 bits per heavy atom. The van der Waals surface area contributed by atoms with E-state index in [-0.39, 0.29) is 16.5 Å². The van der Waals surface area contributed by atoms with Crippen molar-refractivity contribution in [1.82, 2.24) is 0 Å². The Bertz CT molecular complexity index is 2230. The average molecular weight is 634 g/mol. The topological polar surface area (TPSA) is 288 Å². The zero-order chi connectivity index (χ0) is 30.0. The molecule has 4 rings (SSSR count). The molecule has 0 spiro atoms. The average Bonchev–Trinajstić information content (AvgIpc) is 2.80. The second-order valence-electron chi connectivity index (χ2n) is 8.12. The maximum absolute atomic E-state index is 12.1. The van der Waals surface area contributed by atoms with Crippen molar-refractivity contribution in [3.8, 4) is 5.75 Å². The summed E-state index contributed by atoms with van der Waals surface area (Å²) in [6.45, 7) is 0. The SMILES string of the molecule is Nc1ccc2cc(S(=O)(=O)O)c(N=Nc3cc4c(S(=O)(=O)O)cc(S(=O)(=O)O)cc4cc3S(=O)(=O)O)c(O)c2c1. The van der Waals surface area contributed by atoms with Crippen molar-refractivity contribution in [3.05, 3.63) is 48.5 Å². The Kier molecular flexibility index (Phi) is 6.88. The third-order valence-electron chi connectivity index (χ3n) is 5.43. The summed E-state index contributed by atoms with van der Waals surface area (Å²) in [5.41, 5.74) is 4.04. The number of rotatable bonds is 6. The number of nitrogens with two attached hydrogens (primary N) is 1. The molecule has 212 valence electrons. The summed E-state index contributed by atoms with van der Waals surface area (Å²) in [6, 6.07) is 6.96. The minimum absolute atomic E-state index is 0.0544. The molecule has 0 radical (unpaired) electrons. The zero-order valence-electron chi connectivity index (χ0n) is 19.2. The first kappa shape index (κ1) is 29.2. The lowest BCUT2D eigenvalue weighted by molar-refractivity contribution is 0.472. The highest BCUT2D eigenvalue weighted by atomic mass is 32.2. The highest BCUT2D eigenvalue weighted by molar-refractivity contribution is 7.87. The van der Waals surface area contributed by atoms with Crippen LogP contribution in [-0.4, -0.2) is 57.0 Å². The van der Waals surface area contributed by atoms with Crippen LogP contribution in [0.2, 0.25) is 0 Å². The summed E-state index contributed by atoms with van der Waals surface area (Å²) < 4.78 is 134. The van der Waals surface area contributed by atoms with E-state index >= 15 is 0 Å². The summed E-state index contributed by atoms with van der Waals surface area (Å²) in [6.07, 6.45) is 0. The van der Waals surface area contributed by atoms with E-state index in [9.17, 15) is 57.0 Å². The van der Waals surface area contributed by atoms with Gasteiger partial charge in [-0.1, -0.05) is 6.07 Å². The van der Waals surface area contributed by atoms with E-state index < -0.39 is 88.0 Å². The quantitative estimate of drug-likeness (QED) is 0.101. The van der Waals surface area contributed by atoms with Gasteiger partial charge in [-0.05, 0) is 53.2 Å². The van der Waals surface area contributed by atoms with Crippen molar-refractivity contribution >= 4 is 79.1 Å². The number of nitrogens with zero attached hydrogens (tertiary/aromatic N) is 2. The molecule has 0 aliphatic carbocycles. The number of hydrogen-bond acceptors (Lipinski definition) is 12. The molecule has 0 aliphatic heterocycles. The summed E-state index contributed by atoms with van der Waals surface area (Å²) in [5, 5.41) is 16.7. The number of phenolic OH excluding ortho intramolecular Hbond substituents is 1. The van der Waals surface area contributed by atoms with Crippen molar-refractivity contribution < 1.29 is 57.0 Å². The Balaban J connectivity index is 2.11. The molecule has 0 atom stereocenters. The van der Waals surface area contributed by atoms with Gasteiger partial charge in [-0.2, -0.15) is 33.7 Å². The maximum atomic E-state index is 12.1. The third-order valence-corrected chi connectivity index (χ3v) is 8.91. The molecule has 0 saturated heterocycles. The number of azo groups is 1. The second kappa shape index (κ2) is 9.42. The fourth-order valence-corrected chi connectivity index (χ4v) is 6.37. The molecule has 16 nitrogen and oxygen atoms in total. The van der Waals surface area contributed by atoms with Crippen molar-refractivity contribution in [2.45, 2.75) is 19.6 Å². The van der Waals surface area contributed by atoms with Gasteiger partial charge in [-0.25, -0.2) is 0 Å². The van der Waals surface area contributed by atoms with Crippen LogP contribution < -0.4 is 5.73 Å². The Hall–Kier alpha value is -3.76. The molecular formula is C20H15N3O13S4. The van der Waals surface area contributed by atoms with Crippen LogP contribution in [0.1, 0.15) is 0 Å². The van der Waals surface area contributed by atoms with Gasteiger partial charge in [0.05, 0.1) is 4.90 Å². The molecule has 4 aromatic rings. The summed E-state index contributed by atoms with van der Waals surface area (Å²) in [4.78, 5) is -4.27. The molecule has 0 aliphatic rings. The molecule has 0 unspecified atom stereocenters. The number of nitrogen functional groups attached to an aromatic ring is 1. The minimum Gasteiger partial charge on any atom is -0.505 e. The first-order valence-electron chi connectivity index (χ1n) is 10.2. The Morgan fingerprint density at radius 1 is 0.575 bits per heavy atom. The monoisotopic (exact) mass is 633 g/mol. The highest BCUT2D eigenvalue weighted by Crippen LogP contribution is 2.43. The van der Waals surface area contributed by atoms with E-state index in [2.05, 4.69) is 10.2 Å². The predicted molar refractivity (Wildman–Crippen MR) is 137 cm³/mol. The van der Waals surface area contributed by atoms with Gasteiger partial charge in [0, 0.05) is 16.5 Å². The lowest BCUT2D eigenvalue weighted by Crippen LogP contribution is -2.05. The number of fused-ring (bicyclic) bond motifs is 2. The van der Waals surface area contributed by atoms with Gasteiger partial charge >= 0.3 is 0 Å². The van der Waals surface area contributed by atoms with Crippen LogP contribution in [0.15, 0.2) is 78.3 Å². The Labute approximate surface area is 225 Å². The van der Waals surface area contributed by atoms with Gasteiger partial charge in [-0.15, -0.1) is 10.2 Å². The van der Waals surface area contributed by atoms with E-state index in [0.717, 1.165) is 6.07 Å². The molecule has 0 heterocycles. The third kappa shape index (κ3) is 5.59. The minimum atomic E-state index is -5.24. The molecule has 0 aromatic heterocycles. The van der Waals surface area contributed by atoms with Crippen molar-refractivity contribution in [3.63, 3.8) is 0 Å². The van der Waals surface area contributed by atoms with E-state index in [4.69, 9.17) is 5.73 Å². The van der Waals surface area contributed by atoms with Gasteiger partial charge in [0.1, 0.15) is 26.1 Å². The first-order valence-corrected chi connectivity index (χ1v) is 15.9. The number of anilines is 1. The van der Waals surface area contributed by atoms with Crippen LogP contribution in [0, 0.1) is 0 Å². The molecular weight excluding hydrogens is 618 g/mol. The zero-order valence-corrected chi connectivity index (χ0v) is 22.5. The summed E-state index contributed by atoms with van der Waals surface area (Å²) in [5.74, 6) is -0.869. The number of benzene rings is 4. The first-order chi connectivity index (χ1) is 18.2. The summed E-state index contributed by atoms with van der Waals surface area (Å²) in [7, 11) is -20.6. The van der Waals surface area contributed by atoms with Gasteiger partial charge < -0.3 is 10.8 Å². The molecule has 7 N–H and O–H groups in total. The molecule has 0 fully saturated rings. The normalized spacial score (nSPS) is 13.4. The number of aromatic hydroxyl groups is 1. The van der Waals surface area contributed by atoms with Gasteiger partial charge in [0.2, 0.25) is 0 Å². The molecule has 4 aromatic carbocycles. The van der Waals surface area contributed by atoms with Crippen LogP contribution >= 0.6 is 0 Å².